The average molecular weight is 800 g/mol. The van der Waals surface area contributed by atoms with E-state index in [1.807, 2.05) is 29.7 Å². The van der Waals surface area contributed by atoms with Crippen LogP contribution in [0.5, 0.6) is 11.5 Å². The molecule has 2 N–H and O–H groups in total. The van der Waals surface area contributed by atoms with Crippen molar-refractivity contribution in [1.82, 2.24) is 24.9 Å². The molecule has 0 spiro atoms. The Kier molecular flexibility index (Phi) is 10.5. The van der Waals surface area contributed by atoms with E-state index < -0.39 is 57.1 Å². The zero-order valence-corrected chi connectivity index (χ0v) is 33.4. The van der Waals surface area contributed by atoms with Gasteiger partial charge in [-0.3, -0.25) is 14.4 Å². The second kappa shape index (κ2) is 14.7. The van der Waals surface area contributed by atoms with Crippen molar-refractivity contribution in [2.24, 2.45) is 17.8 Å². The van der Waals surface area contributed by atoms with Crippen molar-refractivity contribution in [3.63, 3.8) is 0 Å². The fourth-order valence-corrected chi connectivity index (χ4v) is 9.75. The summed E-state index contributed by atoms with van der Waals surface area (Å²) in [7, 11) is -1.16. The maximum atomic E-state index is 14.3. The number of carbonyl (C=O) groups is 3. The molecule has 3 aliphatic carbocycles. The topological polar surface area (TPSA) is 166 Å². The van der Waals surface area contributed by atoms with Crippen molar-refractivity contribution in [3.8, 4) is 22.2 Å². The minimum Gasteiger partial charge on any atom is -0.495 e. The van der Waals surface area contributed by atoms with Gasteiger partial charge in [-0.2, -0.15) is 8.42 Å². The number of aromatic nitrogens is 2. The van der Waals surface area contributed by atoms with Gasteiger partial charge < -0.3 is 19.7 Å². The Morgan fingerprint density at radius 1 is 1.13 bits per heavy atom. The van der Waals surface area contributed by atoms with Gasteiger partial charge in [0.2, 0.25) is 11.8 Å². The lowest BCUT2D eigenvalue weighted by Crippen LogP contribution is -2.54. The number of rotatable bonds is 9. The molecule has 0 bridgehead atoms. The normalized spacial score (nSPS) is 27.4. The summed E-state index contributed by atoms with van der Waals surface area (Å²) in [4.78, 5) is 53.4. The molecule has 3 fully saturated rings. The minimum absolute atomic E-state index is 0.172. The van der Waals surface area contributed by atoms with Crippen LogP contribution in [0.3, 0.4) is 0 Å². The monoisotopic (exact) mass is 799 g/mol. The van der Waals surface area contributed by atoms with Gasteiger partial charge in [-0.15, -0.1) is 11.3 Å². The first kappa shape index (κ1) is 38.5. The van der Waals surface area contributed by atoms with Gasteiger partial charge in [-0.05, 0) is 76.3 Å². The summed E-state index contributed by atoms with van der Waals surface area (Å²) in [6.07, 6.45) is 7.27. The van der Waals surface area contributed by atoms with Crippen LogP contribution in [-0.4, -0.2) is 79.0 Å². The third kappa shape index (κ3) is 7.82. The number of ether oxygens (including phenoxy) is 2. The standard InChI is InChI=1S/C38H46ClN5O8S2/c1-21(2)28-20-53-34(41-28)27-18-30(24-11-12-29(50-5)31(39)32(24)40-27)51-23-16-25-26(17-23)35(46)44(4)15-9-7-6-8-10-22-19-38(22,42-33(25)45)36(47)43-54(48,49)52-37(3)13-14-37/h8,10-12,18,20-23,25-26H,6-7,9,13-17,19H2,1-5H3,(H,42,45)(H,43,47)/b10-8-/t22-,23-,25-,26-,38-/m1/s1. The molecule has 3 aromatic rings. The molecule has 3 heterocycles. The van der Waals surface area contributed by atoms with Gasteiger partial charge in [0.25, 0.3) is 5.91 Å². The van der Waals surface area contributed by atoms with Gasteiger partial charge in [0.1, 0.15) is 38.9 Å². The fraction of sp³-hybridized carbons (Fsp3) is 0.553. The van der Waals surface area contributed by atoms with Crippen LogP contribution >= 0.6 is 22.9 Å². The number of methoxy groups -OCH3 is 1. The van der Waals surface area contributed by atoms with Crippen LogP contribution in [0.2, 0.25) is 5.02 Å². The van der Waals surface area contributed by atoms with Gasteiger partial charge in [-0.25, -0.2) is 18.9 Å². The number of nitrogens with one attached hydrogen (secondary N) is 2. The molecule has 5 atom stereocenters. The lowest BCUT2D eigenvalue weighted by Gasteiger charge is -2.26. The number of pyridine rings is 1. The predicted molar refractivity (Wildman–Crippen MR) is 205 cm³/mol. The molecule has 0 unspecified atom stereocenters. The summed E-state index contributed by atoms with van der Waals surface area (Å²) in [5, 5.41) is 6.54. The predicted octanol–water partition coefficient (Wildman–Crippen LogP) is 5.92. The summed E-state index contributed by atoms with van der Waals surface area (Å²) < 4.78 is 45.2. The Morgan fingerprint density at radius 3 is 2.59 bits per heavy atom. The summed E-state index contributed by atoms with van der Waals surface area (Å²) in [5.74, 6) is -2.46. The smallest absolute Gasteiger partial charge is 0.362 e. The first-order valence-electron chi connectivity index (χ1n) is 18.4. The molecule has 54 heavy (non-hydrogen) atoms. The SMILES string of the molecule is COc1ccc2c(O[C@@H]3C[C@H]4C(=O)N[C@]5(C(=O)NS(=O)(=O)OC6(C)CC6)C[C@H]5/C=C\CCCCN(C)C(=O)[C@@H]4C3)cc(-c3nc(C(C)C)cs3)nc2c1Cl. The molecular formula is C38H46ClN5O8S2. The van der Waals surface area contributed by atoms with E-state index in [9.17, 15) is 22.8 Å². The maximum Gasteiger partial charge on any atom is 0.362 e. The zero-order valence-electron chi connectivity index (χ0n) is 31.0. The number of thiazole rings is 1. The van der Waals surface area contributed by atoms with Gasteiger partial charge in [0.05, 0.1) is 35.8 Å². The third-order valence-electron chi connectivity index (χ3n) is 11.0. The Balaban J connectivity index is 1.20. The molecule has 1 aromatic carbocycles. The zero-order chi connectivity index (χ0) is 38.6. The second-order valence-corrected chi connectivity index (χ2v) is 18.0. The number of halogens is 1. The van der Waals surface area contributed by atoms with Crippen molar-refractivity contribution < 1.29 is 36.5 Å². The van der Waals surface area contributed by atoms with E-state index in [1.165, 1.54) is 18.4 Å². The number of amides is 3. The summed E-state index contributed by atoms with van der Waals surface area (Å²) in [6.45, 7) is 6.33. The maximum absolute atomic E-state index is 14.3. The van der Waals surface area contributed by atoms with E-state index in [4.69, 9.17) is 35.2 Å². The molecular weight excluding hydrogens is 754 g/mol. The van der Waals surface area contributed by atoms with Crippen LogP contribution in [0.4, 0.5) is 0 Å². The van der Waals surface area contributed by atoms with E-state index in [-0.39, 0.29) is 31.1 Å². The van der Waals surface area contributed by atoms with Gasteiger partial charge in [0, 0.05) is 36.3 Å². The number of benzene rings is 1. The molecule has 7 rings (SSSR count). The number of fused-ring (bicyclic) bond motifs is 3. The third-order valence-corrected chi connectivity index (χ3v) is 13.3. The molecule has 0 radical (unpaired) electrons. The van der Waals surface area contributed by atoms with Crippen LogP contribution in [0.25, 0.3) is 21.6 Å². The molecule has 290 valence electrons. The fourth-order valence-electron chi connectivity index (χ4n) is 7.38. The largest absolute Gasteiger partial charge is 0.495 e. The van der Waals surface area contributed by atoms with Crippen molar-refractivity contribution in [2.75, 3.05) is 20.7 Å². The molecule has 0 saturated heterocycles. The first-order valence-corrected chi connectivity index (χ1v) is 21.1. The van der Waals surface area contributed by atoms with E-state index >= 15 is 0 Å². The van der Waals surface area contributed by atoms with Gasteiger partial charge in [-0.1, -0.05) is 37.6 Å². The quantitative estimate of drug-likeness (QED) is 0.248. The highest BCUT2D eigenvalue weighted by molar-refractivity contribution is 7.85. The lowest BCUT2D eigenvalue weighted by molar-refractivity contribution is -0.140. The van der Waals surface area contributed by atoms with E-state index in [1.54, 1.807) is 24.9 Å². The van der Waals surface area contributed by atoms with Crippen molar-refractivity contribution in [3.05, 3.63) is 46.4 Å². The highest BCUT2D eigenvalue weighted by atomic mass is 35.5. The summed E-state index contributed by atoms with van der Waals surface area (Å²) >= 11 is 8.27. The van der Waals surface area contributed by atoms with Crippen molar-refractivity contribution >= 4 is 61.9 Å². The number of hydrogen-bond acceptors (Lipinski definition) is 11. The number of carbonyl (C=O) groups excluding carboxylic acids is 3. The van der Waals surface area contributed by atoms with E-state index in [0.29, 0.717) is 63.9 Å². The van der Waals surface area contributed by atoms with Crippen LogP contribution in [-0.2, 0) is 28.9 Å². The Bertz CT molecular complexity index is 2120. The van der Waals surface area contributed by atoms with Gasteiger partial charge in [0.15, 0.2) is 0 Å². The van der Waals surface area contributed by atoms with Gasteiger partial charge >= 0.3 is 10.3 Å². The van der Waals surface area contributed by atoms with Crippen LogP contribution in [0.15, 0.2) is 35.7 Å². The number of allylic oxidation sites excluding steroid dienone is 1. The molecule has 2 aromatic heterocycles. The minimum atomic E-state index is -4.43. The highest BCUT2D eigenvalue weighted by Crippen LogP contribution is 2.48. The first-order chi connectivity index (χ1) is 25.6. The summed E-state index contributed by atoms with van der Waals surface area (Å²) in [5.41, 5.74) is -0.391. The van der Waals surface area contributed by atoms with Crippen molar-refractivity contribution in [1.29, 1.82) is 0 Å². The van der Waals surface area contributed by atoms with E-state index in [0.717, 1.165) is 18.5 Å². The Hall–Kier alpha value is -3.79. The molecule has 4 aliphatic rings. The van der Waals surface area contributed by atoms with Crippen LogP contribution in [0.1, 0.15) is 83.7 Å². The molecule has 1 aliphatic heterocycles. The highest BCUT2D eigenvalue weighted by Gasteiger charge is 2.62. The molecule has 13 nitrogen and oxygen atoms in total. The van der Waals surface area contributed by atoms with E-state index in [2.05, 4.69) is 23.9 Å². The van der Waals surface area contributed by atoms with Crippen molar-refractivity contribution in [2.45, 2.75) is 95.3 Å². The lowest BCUT2D eigenvalue weighted by atomic mass is 9.93. The molecule has 3 amide bonds. The number of nitrogens with zero attached hydrogens (tertiary/aromatic N) is 3. The van der Waals surface area contributed by atoms with Crippen LogP contribution in [0, 0.1) is 17.8 Å². The molecule has 3 saturated carbocycles. The van der Waals surface area contributed by atoms with Crippen LogP contribution < -0.4 is 19.5 Å². The number of hydrogen-bond donors (Lipinski definition) is 2. The Morgan fingerprint density at radius 2 is 1.89 bits per heavy atom. The Labute approximate surface area is 324 Å². The summed E-state index contributed by atoms with van der Waals surface area (Å²) in [6, 6.07) is 5.36. The molecule has 16 heteroatoms. The average Bonchev–Trinajstić information content (AvgIpc) is 3.84. The second-order valence-electron chi connectivity index (χ2n) is 15.5.